The maximum atomic E-state index is 11.4. The molecule has 0 aliphatic heterocycles. The Morgan fingerprint density at radius 1 is 1.42 bits per heavy atom. The second kappa shape index (κ2) is 6.84. The van der Waals surface area contributed by atoms with Gasteiger partial charge in [-0.2, -0.15) is 0 Å². The van der Waals surface area contributed by atoms with E-state index >= 15 is 0 Å². The maximum absolute atomic E-state index is 11.4. The van der Waals surface area contributed by atoms with E-state index in [9.17, 15) is 4.79 Å². The van der Waals surface area contributed by atoms with Crippen LogP contribution < -0.4 is 10.6 Å². The van der Waals surface area contributed by atoms with Crippen molar-refractivity contribution in [1.29, 1.82) is 0 Å². The van der Waals surface area contributed by atoms with Crippen molar-refractivity contribution in [3.63, 3.8) is 0 Å². The van der Waals surface area contributed by atoms with Crippen LogP contribution >= 0.6 is 22.9 Å². The summed E-state index contributed by atoms with van der Waals surface area (Å²) >= 11 is 7.57. The normalized spacial score (nSPS) is 10.8. The molecule has 19 heavy (non-hydrogen) atoms. The molecule has 0 aliphatic rings. The molecular formula is C13H16ClN3OS. The van der Waals surface area contributed by atoms with Crippen molar-refractivity contribution in [2.75, 3.05) is 20.1 Å². The predicted molar refractivity (Wildman–Crippen MR) is 79.9 cm³/mol. The van der Waals surface area contributed by atoms with Gasteiger partial charge in [0.25, 0.3) is 0 Å². The van der Waals surface area contributed by atoms with Crippen LogP contribution in [0.5, 0.6) is 0 Å². The topological polar surface area (TPSA) is 54.0 Å². The van der Waals surface area contributed by atoms with Crippen molar-refractivity contribution < 1.29 is 4.79 Å². The van der Waals surface area contributed by atoms with E-state index in [2.05, 4.69) is 15.6 Å². The van der Waals surface area contributed by atoms with Crippen LogP contribution in [-0.4, -0.2) is 31.0 Å². The number of nitrogens with zero attached hydrogens (tertiary/aromatic N) is 1. The molecule has 0 spiro atoms. The molecule has 2 aromatic rings. The molecule has 0 aliphatic carbocycles. The average molecular weight is 298 g/mol. The lowest BCUT2D eigenvalue weighted by Gasteiger charge is -2.02. The molecule has 6 heteroatoms. The van der Waals surface area contributed by atoms with E-state index in [4.69, 9.17) is 11.6 Å². The first kappa shape index (κ1) is 14.2. The van der Waals surface area contributed by atoms with Gasteiger partial charge in [-0.25, -0.2) is 4.98 Å². The first-order chi connectivity index (χ1) is 9.19. The summed E-state index contributed by atoms with van der Waals surface area (Å²) < 4.78 is 1.13. The molecular weight excluding hydrogens is 282 g/mol. The highest BCUT2D eigenvalue weighted by atomic mass is 35.5. The summed E-state index contributed by atoms with van der Waals surface area (Å²) in [6, 6.07) is 5.71. The zero-order chi connectivity index (χ0) is 13.7. The van der Waals surface area contributed by atoms with Gasteiger partial charge in [0, 0.05) is 31.0 Å². The number of halogens is 1. The lowest BCUT2D eigenvalue weighted by molar-refractivity contribution is -0.120. The van der Waals surface area contributed by atoms with Gasteiger partial charge in [0.2, 0.25) is 5.91 Å². The summed E-state index contributed by atoms with van der Waals surface area (Å²) in [5, 5.41) is 7.55. The number of carbonyl (C=O) groups excluding carboxylic acids is 1. The Kier molecular flexibility index (Phi) is 5.13. The number of nitrogens with one attached hydrogen (secondary N) is 2. The summed E-state index contributed by atoms with van der Waals surface area (Å²) in [5.41, 5.74) is 0.925. The van der Waals surface area contributed by atoms with E-state index in [1.54, 1.807) is 11.3 Å². The standard InChI is InChI=1S/C13H16ClN3OS/c1-15-6-4-12(18)16-7-5-13-17-10-8-9(14)2-3-11(10)19-13/h2-3,8,15H,4-7H2,1H3,(H,16,18). The summed E-state index contributed by atoms with van der Waals surface area (Å²) in [6.45, 7) is 1.32. The third-order valence-electron chi connectivity index (χ3n) is 2.66. The summed E-state index contributed by atoms with van der Waals surface area (Å²) in [5.74, 6) is 0.0681. The van der Waals surface area contributed by atoms with Crippen molar-refractivity contribution in [1.82, 2.24) is 15.6 Å². The van der Waals surface area contributed by atoms with E-state index in [0.717, 1.165) is 21.6 Å². The molecule has 1 aromatic carbocycles. The minimum Gasteiger partial charge on any atom is -0.356 e. The second-order valence-corrected chi connectivity index (χ2v) is 5.72. The molecule has 0 unspecified atom stereocenters. The van der Waals surface area contributed by atoms with Crippen molar-refractivity contribution in [3.8, 4) is 0 Å². The minimum atomic E-state index is 0.0681. The van der Waals surface area contributed by atoms with Crippen molar-refractivity contribution in [2.45, 2.75) is 12.8 Å². The van der Waals surface area contributed by atoms with Gasteiger partial charge in [0.1, 0.15) is 0 Å². The van der Waals surface area contributed by atoms with Crippen molar-refractivity contribution in [2.24, 2.45) is 0 Å². The van der Waals surface area contributed by atoms with Gasteiger partial charge in [0.05, 0.1) is 15.2 Å². The first-order valence-corrected chi connectivity index (χ1v) is 7.35. The van der Waals surface area contributed by atoms with Gasteiger partial charge < -0.3 is 10.6 Å². The molecule has 0 fully saturated rings. The molecule has 1 heterocycles. The number of amides is 1. The van der Waals surface area contributed by atoms with Crippen molar-refractivity contribution in [3.05, 3.63) is 28.2 Å². The molecule has 1 aromatic heterocycles. The van der Waals surface area contributed by atoms with Gasteiger partial charge in [0.15, 0.2) is 0 Å². The lowest BCUT2D eigenvalue weighted by Crippen LogP contribution is -2.28. The van der Waals surface area contributed by atoms with E-state index in [-0.39, 0.29) is 5.91 Å². The zero-order valence-electron chi connectivity index (χ0n) is 10.7. The van der Waals surface area contributed by atoms with E-state index in [1.807, 2.05) is 25.2 Å². The smallest absolute Gasteiger partial charge is 0.221 e. The Hall–Kier alpha value is -1.17. The van der Waals surface area contributed by atoms with E-state index in [0.29, 0.717) is 24.5 Å². The molecule has 0 radical (unpaired) electrons. The fourth-order valence-corrected chi connectivity index (χ4v) is 2.80. The molecule has 102 valence electrons. The fourth-order valence-electron chi connectivity index (χ4n) is 1.69. The number of thiazole rings is 1. The van der Waals surface area contributed by atoms with Crippen LogP contribution in [0.25, 0.3) is 10.2 Å². The monoisotopic (exact) mass is 297 g/mol. The molecule has 0 saturated carbocycles. The highest BCUT2D eigenvalue weighted by molar-refractivity contribution is 7.18. The zero-order valence-corrected chi connectivity index (χ0v) is 12.3. The number of hydrogen-bond donors (Lipinski definition) is 2. The van der Waals surface area contributed by atoms with Crippen molar-refractivity contribution >= 4 is 39.1 Å². The molecule has 1 amide bonds. The van der Waals surface area contributed by atoms with Crippen LogP contribution in [0.15, 0.2) is 18.2 Å². The molecule has 2 N–H and O–H groups in total. The van der Waals surface area contributed by atoms with Gasteiger partial charge in [-0.1, -0.05) is 11.6 Å². The van der Waals surface area contributed by atoms with Crippen LogP contribution in [0.3, 0.4) is 0 Å². The predicted octanol–water partition coefficient (Wildman–Crippen LogP) is 2.22. The van der Waals surface area contributed by atoms with Crippen LogP contribution in [-0.2, 0) is 11.2 Å². The number of benzene rings is 1. The van der Waals surface area contributed by atoms with E-state index in [1.165, 1.54) is 0 Å². The quantitative estimate of drug-likeness (QED) is 0.859. The second-order valence-electron chi connectivity index (χ2n) is 4.17. The number of aromatic nitrogens is 1. The van der Waals surface area contributed by atoms with Crippen LogP contribution in [0.4, 0.5) is 0 Å². The first-order valence-electron chi connectivity index (χ1n) is 6.15. The highest BCUT2D eigenvalue weighted by Gasteiger charge is 2.05. The Labute approximate surface area is 121 Å². The molecule has 0 saturated heterocycles. The minimum absolute atomic E-state index is 0.0681. The Morgan fingerprint density at radius 3 is 3.05 bits per heavy atom. The number of carbonyl (C=O) groups is 1. The molecule has 0 atom stereocenters. The Morgan fingerprint density at radius 2 is 2.26 bits per heavy atom. The third kappa shape index (κ3) is 4.16. The summed E-state index contributed by atoms with van der Waals surface area (Å²) in [7, 11) is 1.83. The molecule has 0 bridgehead atoms. The fraction of sp³-hybridized carbons (Fsp3) is 0.385. The summed E-state index contributed by atoms with van der Waals surface area (Å²) in [6.07, 6.45) is 1.26. The number of hydrogen-bond acceptors (Lipinski definition) is 4. The number of fused-ring (bicyclic) bond motifs is 1. The molecule has 4 nitrogen and oxygen atoms in total. The Balaban J connectivity index is 1.86. The lowest BCUT2D eigenvalue weighted by atomic mass is 10.3. The van der Waals surface area contributed by atoms with Gasteiger partial charge in [-0.15, -0.1) is 11.3 Å². The maximum Gasteiger partial charge on any atom is 0.221 e. The number of rotatable bonds is 6. The van der Waals surface area contributed by atoms with Crippen LogP contribution in [0.1, 0.15) is 11.4 Å². The summed E-state index contributed by atoms with van der Waals surface area (Å²) in [4.78, 5) is 15.9. The third-order valence-corrected chi connectivity index (χ3v) is 3.99. The molecule has 2 rings (SSSR count). The van der Waals surface area contributed by atoms with Gasteiger partial charge in [-0.05, 0) is 25.2 Å². The average Bonchev–Trinajstić information content (AvgIpc) is 2.78. The van der Waals surface area contributed by atoms with Crippen LogP contribution in [0, 0.1) is 0 Å². The van der Waals surface area contributed by atoms with E-state index < -0.39 is 0 Å². The van der Waals surface area contributed by atoms with Crippen LogP contribution in [0.2, 0.25) is 5.02 Å². The van der Waals surface area contributed by atoms with Gasteiger partial charge in [-0.3, -0.25) is 4.79 Å². The van der Waals surface area contributed by atoms with Gasteiger partial charge >= 0.3 is 0 Å². The SMILES string of the molecule is CNCCC(=O)NCCc1nc2cc(Cl)ccc2s1. The Bertz CT molecular complexity index is 570. The highest BCUT2D eigenvalue weighted by Crippen LogP contribution is 2.24. The largest absolute Gasteiger partial charge is 0.356 e.